The second kappa shape index (κ2) is 7.48. The molecule has 2 heterocycles. The standard InChI is InChI=1S/C21H22FN3O2/c22-18-7-5-16(6-8-18)13-24-12-11-23(14-20(24)26)15-21(27)25-10-9-17-3-1-2-4-19(17)25/h1-8H,9-15H2. The van der Waals surface area contributed by atoms with Crippen LogP contribution in [0.4, 0.5) is 10.1 Å². The number of carbonyl (C=O) groups is 2. The number of fused-ring (bicyclic) bond motifs is 1. The SMILES string of the molecule is O=C1CN(CC(=O)N2CCc3ccccc32)CCN1Cc1ccc(F)cc1. The highest BCUT2D eigenvalue weighted by Crippen LogP contribution is 2.27. The zero-order valence-electron chi connectivity index (χ0n) is 15.1. The van der Waals surface area contributed by atoms with Gasteiger partial charge in [-0.2, -0.15) is 0 Å². The summed E-state index contributed by atoms with van der Waals surface area (Å²) >= 11 is 0. The summed E-state index contributed by atoms with van der Waals surface area (Å²) in [5.74, 6) is -0.239. The molecule has 140 valence electrons. The normalized spacial score (nSPS) is 17.3. The van der Waals surface area contributed by atoms with Crippen molar-refractivity contribution in [2.75, 3.05) is 37.6 Å². The Balaban J connectivity index is 1.33. The number of rotatable bonds is 4. The highest BCUT2D eigenvalue weighted by molar-refractivity contribution is 5.97. The maximum absolute atomic E-state index is 13.0. The van der Waals surface area contributed by atoms with Crippen LogP contribution in [0.2, 0.25) is 0 Å². The first-order valence-corrected chi connectivity index (χ1v) is 9.23. The topological polar surface area (TPSA) is 43.9 Å². The molecule has 0 saturated carbocycles. The van der Waals surface area contributed by atoms with Gasteiger partial charge in [-0.25, -0.2) is 4.39 Å². The predicted octanol–water partition coefficient (Wildman–Crippen LogP) is 2.06. The van der Waals surface area contributed by atoms with Gasteiger partial charge in [0.05, 0.1) is 13.1 Å². The molecule has 0 bridgehead atoms. The van der Waals surface area contributed by atoms with Crippen molar-refractivity contribution in [1.82, 2.24) is 9.80 Å². The van der Waals surface area contributed by atoms with Gasteiger partial charge in [-0.3, -0.25) is 14.5 Å². The van der Waals surface area contributed by atoms with Gasteiger partial charge < -0.3 is 9.80 Å². The zero-order chi connectivity index (χ0) is 18.8. The van der Waals surface area contributed by atoms with Crippen LogP contribution in [0.15, 0.2) is 48.5 Å². The molecule has 0 unspecified atom stereocenters. The van der Waals surface area contributed by atoms with Gasteiger partial charge in [-0.05, 0) is 35.7 Å². The van der Waals surface area contributed by atoms with E-state index in [1.54, 1.807) is 17.0 Å². The third-order valence-electron chi connectivity index (χ3n) is 5.23. The number of piperazine rings is 1. The van der Waals surface area contributed by atoms with Gasteiger partial charge in [0, 0.05) is 31.9 Å². The molecule has 0 radical (unpaired) electrons. The highest BCUT2D eigenvalue weighted by atomic mass is 19.1. The van der Waals surface area contributed by atoms with E-state index in [0.29, 0.717) is 26.2 Å². The lowest BCUT2D eigenvalue weighted by molar-refractivity contribution is -0.137. The van der Waals surface area contributed by atoms with Crippen molar-refractivity contribution in [3.05, 3.63) is 65.5 Å². The van der Waals surface area contributed by atoms with E-state index in [1.165, 1.54) is 17.7 Å². The second-order valence-corrected chi connectivity index (χ2v) is 7.08. The van der Waals surface area contributed by atoms with E-state index < -0.39 is 0 Å². The fourth-order valence-electron chi connectivity index (χ4n) is 3.74. The maximum atomic E-state index is 13.0. The molecule has 2 aromatic rings. The van der Waals surface area contributed by atoms with Crippen molar-refractivity contribution in [1.29, 1.82) is 0 Å². The molecular weight excluding hydrogens is 345 g/mol. The largest absolute Gasteiger partial charge is 0.336 e. The molecule has 0 N–H and O–H groups in total. The second-order valence-electron chi connectivity index (χ2n) is 7.08. The number of hydrogen-bond donors (Lipinski definition) is 0. The molecule has 1 saturated heterocycles. The minimum absolute atomic E-state index is 0.000182. The van der Waals surface area contributed by atoms with Crippen molar-refractivity contribution in [2.45, 2.75) is 13.0 Å². The Kier molecular flexibility index (Phi) is 4.90. The summed E-state index contributed by atoms with van der Waals surface area (Å²) in [6.45, 7) is 2.90. The predicted molar refractivity (Wildman–Crippen MR) is 101 cm³/mol. The Morgan fingerprint density at radius 1 is 1.00 bits per heavy atom. The monoisotopic (exact) mass is 367 g/mol. The van der Waals surface area contributed by atoms with Gasteiger partial charge in [-0.1, -0.05) is 30.3 Å². The van der Waals surface area contributed by atoms with Crippen LogP contribution in [0.3, 0.4) is 0 Å². The van der Waals surface area contributed by atoms with Crippen molar-refractivity contribution in [3.63, 3.8) is 0 Å². The average Bonchev–Trinajstić information content (AvgIpc) is 3.10. The molecule has 0 aromatic heterocycles. The van der Waals surface area contributed by atoms with Crippen LogP contribution in [0.25, 0.3) is 0 Å². The van der Waals surface area contributed by atoms with Crippen molar-refractivity contribution in [2.24, 2.45) is 0 Å². The Morgan fingerprint density at radius 2 is 1.78 bits per heavy atom. The average molecular weight is 367 g/mol. The Hall–Kier alpha value is -2.73. The Morgan fingerprint density at radius 3 is 2.56 bits per heavy atom. The van der Waals surface area contributed by atoms with E-state index in [2.05, 4.69) is 6.07 Å². The lowest BCUT2D eigenvalue weighted by Crippen LogP contribution is -2.52. The number of hydrogen-bond acceptors (Lipinski definition) is 3. The van der Waals surface area contributed by atoms with Crippen LogP contribution >= 0.6 is 0 Å². The van der Waals surface area contributed by atoms with Crippen LogP contribution < -0.4 is 4.90 Å². The van der Waals surface area contributed by atoms with Crippen LogP contribution in [0, 0.1) is 5.82 Å². The highest BCUT2D eigenvalue weighted by Gasteiger charge is 2.29. The quantitative estimate of drug-likeness (QED) is 0.831. The van der Waals surface area contributed by atoms with Crippen LogP contribution in [-0.2, 0) is 22.6 Å². The number of amides is 2. The number of anilines is 1. The minimum Gasteiger partial charge on any atom is -0.336 e. The molecule has 2 aliphatic heterocycles. The number of para-hydroxylation sites is 1. The third-order valence-corrected chi connectivity index (χ3v) is 5.23. The van der Waals surface area contributed by atoms with Crippen molar-refractivity contribution >= 4 is 17.5 Å². The van der Waals surface area contributed by atoms with Crippen molar-refractivity contribution < 1.29 is 14.0 Å². The van der Waals surface area contributed by atoms with Gasteiger partial charge in [0.1, 0.15) is 5.82 Å². The molecule has 4 rings (SSSR count). The number of nitrogens with zero attached hydrogens (tertiary/aromatic N) is 3. The molecule has 6 heteroatoms. The first-order chi connectivity index (χ1) is 13.1. The summed E-state index contributed by atoms with van der Waals surface area (Å²) in [6.07, 6.45) is 0.881. The van der Waals surface area contributed by atoms with E-state index in [0.717, 1.165) is 17.7 Å². The van der Waals surface area contributed by atoms with Gasteiger partial charge in [0.25, 0.3) is 0 Å². The van der Waals surface area contributed by atoms with E-state index in [-0.39, 0.29) is 30.7 Å². The van der Waals surface area contributed by atoms with E-state index in [9.17, 15) is 14.0 Å². The summed E-state index contributed by atoms with van der Waals surface area (Å²) in [7, 11) is 0. The zero-order valence-corrected chi connectivity index (χ0v) is 15.1. The summed E-state index contributed by atoms with van der Waals surface area (Å²) < 4.78 is 13.0. The first kappa shape index (κ1) is 17.7. The first-order valence-electron chi connectivity index (χ1n) is 9.23. The van der Waals surface area contributed by atoms with Gasteiger partial charge in [0.15, 0.2) is 0 Å². The molecule has 5 nitrogen and oxygen atoms in total. The smallest absolute Gasteiger partial charge is 0.241 e. The third kappa shape index (κ3) is 3.85. The molecule has 2 aliphatic rings. The molecule has 2 amide bonds. The molecule has 2 aromatic carbocycles. The molecule has 0 atom stereocenters. The van der Waals surface area contributed by atoms with E-state index in [4.69, 9.17) is 0 Å². The van der Waals surface area contributed by atoms with Gasteiger partial charge in [0.2, 0.25) is 11.8 Å². The number of carbonyl (C=O) groups excluding carboxylic acids is 2. The molecule has 0 aliphatic carbocycles. The minimum atomic E-state index is -0.281. The summed E-state index contributed by atoms with van der Waals surface area (Å²) in [5.41, 5.74) is 3.10. The fourth-order valence-corrected chi connectivity index (χ4v) is 3.74. The van der Waals surface area contributed by atoms with Gasteiger partial charge >= 0.3 is 0 Å². The lowest BCUT2D eigenvalue weighted by Gasteiger charge is -2.34. The molecule has 0 spiro atoms. The lowest BCUT2D eigenvalue weighted by atomic mass is 10.2. The van der Waals surface area contributed by atoms with E-state index >= 15 is 0 Å². The summed E-state index contributed by atoms with van der Waals surface area (Å²) in [6, 6.07) is 14.2. The summed E-state index contributed by atoms with van der Waals surface area (Å²) in [5, 5.41) is 0. The van der Waals surface area contributed by atoms with Crippen LogP contribution in [0.1, 0.15) is 11.1 Å². The Labute approximate surface area is 158 Å². The Bertz CT molecular complexity index is 853. The van der Waals surface area contributed by atoms with Crippen LogP contribution in [-0.4, -0.2) is 54.3 Å². The van der Waals surface area contributed by atoms with E-state index in [1.807, 2.05) is 28.0 Å². The van der Waals surface area contributed by atoms with Crippen molar-refractivity contribution in [3.8, 4) is 0 Å². The molecular formula is C21H22FN3O2. The van der Waals surface area contributed by atoms with Crippen LogP contribution in [0.5, 0.6) is 0 Å². The summed E-state index contributed by atoms with van der Waals surface area (Å²) in [4.78, 5) is 30.7. The molecule has 1 fully saturated rings. The maximum Gasteiger partial charge on any atom is 0.241 e. The number of benzene rings is 2. The molecule has 27 heavy (non-hydrogen) atoms. The van der Waals surface area contributed by atoms with Gasteiger partial charge in [-0.15, -0.1) is 0 Å². The number of halogens is 1. The fraction of sp³-hybridized carbons (Fsp3) is 0.333.